The number of aromatic nitrogens is 1. The van der Waals surface area contributed by atoms with Crippen LogP contribution in [0.15, 0.2) is 6.07 Å². The molecular formula is C17H28N2O4. The van der Waals surface area contributed by atoms with Crippen LogP contribution in [0, 0.1) is 13.8 Å². The molecule has 1 heterocycles. The molecule has 1 aromatic heterocycles. The Bertz CT molecular complexity index is 492. The van der Waals surface area contributed by atoms with Crippen LogP contribution in [0.5, 0.6) is 5.88 Å². The Morgan fingerprint density at radius 2 is 1.96 bits per heavy atom. The molecule has 130 valence electrons. The summed E-state index contributed by atoms with van der Waals surface area (Å²) in [5.41, 5.74) is 1.80. The predicted molar refractivity (Wildman–Crippen MR) is 89.0 cm³/mol. The fourth-order valence-electron chi connectivity index (χ4n) is 2.40. The second kappa shape index (κ2) is 9.47. The van der Waals surface area contributed by atoms with Crippen molar-refractivity contribution < 1.29 is 19.4 Å². The molecule has 1 aromatic rings. The van der Waals surface area contributed by atoms with E-state index in [1.165, 1.54) is 0 Å². The minimum absolute atomic E-state index is 0.168. The van der Waals surface area contributed by atoms with E-state index in [4.69, 9.17) is 9.47 Å². The van der Waals surface area contributed by atoms with E-state index in [2.05, 4.69) is 23.7 Å². The Morgan fingerprint density at radius 1 is 1.30 bits per heavy atom. The smallest absolute Gasteiger partial charge is 0.340 e. The number of ether oxygens (including phenoxy) is 2. The summed E-state index contributed by atoms with van der Waals surface area (Å²) >= 11 is 0. The zero-order chi connectivity index (χ0) is 17.4. The molecule has 0 fully saturated rings. The maximum absolute atomic E-state index is 11.9. The Labute approximate surface area is 138 Å². The van der Waals surface area contributed by atoms with Gasteiger partial charge in [0.2, 0.25) is 5.88 Å². The molecule has 23 heavy (non-hydrogen) atoms. The molecule has 0 aliphatic carbocycles. The van der Waals surface area contributed by atoms with Crippen LogP contribution in [-0.4, -0.2) is 59.9 Å². The molecule has 1 unspecified atom stereocenters. The van der Waals surface area contributed by atoms with E-state index >= 15 is 0 Å². The lowest BCUT2D eigenvalue weighted by Crippen LogP contribution is -2.35. The molecular weight excluding hydrogens is 296 g/mol. The van der Waals surface area contributed by atoms with Gasteiger partial charge in [0.15, 0.2) is 0 Å². The molecule has 0 radical (unpaired) electrons. The molecule has 0 aliphatic rings. The Hall–Kier alpha value is -1.66. The zero-order valence-electron chi connectivity index (χ0n) is 14.8. The summed E-state index contributed by atoms with van der Waals surface area (Å²) in [5, 5.41) is 10.0. The van der Waals surface area contributed by atoms with Crippen molar-refractivity contribution in [2.45, 2.75) is 40.7 Å². The number of carbonyl (C=O) groups is 1. The highest BCUT2D eigenvalue weighted by molar-refractivity contribution is 5.92. The van der Waals surface area contributed by atoms with Gasteiger partial charge >= 0.3 is 5.97 Å². The molecule has 1 atom stereocenters. The number of aliphatic hydroxyl groups excluding tert-OH is 1. The van der Waals surface area contributed by atoms with E-state index in [0.29, 0.717) is 30.3 Å². The second-order valence-electron chi connectivity index (χ2n) is 5.41. The molecule has 0 aromatic carbocycles. The Balaban J connectivity index is 2.70. The van der Waals surface area contributed by atoms with Crippen molar-refractivity contribution in [3.8, 4) is 5.88 Å². The van der Waals surface area contributed by atoms with Gasteiger partial charge in [-0.1, -0.05) is 13.8 Å². The Morgan fingerprint density at radius 3 is 2.48 bits per heavy atom. The van der Waals surface area contributed by atoms with Gasteiger partial charge in [0.25, 0.3) is 0 Å². The third-order valence-electron chi connectivity index (χ3n) is 3.64. The Kier molecular flexibility index (Phi) is 7.98. The van der Waals surface area contributed by atoms with Crippen LogP contribution in [0.1, 0.15) is 42.4 Å². The predicted octanol–water partition coefficient (Wildman–Crippen LogP) is 1.96. The van der Waals surface area contributed by atoms with Crippen molar-refractivity contribution >= 4 is 5.97 Å². The quantitative estimate of drug-likeness (QED) is 0.700. The number of aliphatic hydroxyl groups is 1. The fraction of sp³-hybridized carbons (Fsp3) is 0.647. The van der Waals surface area contributed by atoms with E-state index in [0.717, 1.165) is 18.7 Å². The first-order chi connectivity index (χ1) is 10.9. The van der Waals surface area contributed by atoms with Gasteiger partial charge in [-0.25, -0.2) is 9.78 Å². The lowest BCUT2D eigenvalue weighted by Gasteiger charge is -2.22. The highest BCUT2D eigenvalue weighted by Crippen LogP contribution is 2.19. The molecule has 0 aliphatic heterocycles. The van der Waals surface area contributed by atoms with Gasteiger partial charge in [0.05, 0.1) is 17.9 Å². The minimum Gasteiger partial charge on any atom is -0.475 e. The van der Waals surface area contributed by atoms with Gasteiger partial charge < -0.3 is 19.5 Å². The number of rotatable bonds is 9. The maximum atomic E-state index is 11.9. The lowest BCUT2D eigenvalue weighted by atomic mass is 10.1. The van der Waals surface area contributed by atoms with Gasteiger partial charge in [0, 0.05) is 12.6 Å². The molecule has 1 N–H and O–H groups in total. The van der Waals surface area contributed by atoms with Crippen molar-refractivity contribution in [2.24, 2.45) is 0 Å². The topological polar surface area (TPSA) is 71.9 Å². The summed E-state index contributed by atoms with van der Waals surface area (Å²) in [4.78, 5) is 18.3. The summed E-state index contributed by atoms with van der Waals surface area (Å²) in [7, 11) is 0. The van der Waals surface area contributed by atoms with E-state index in [-0.39, 0.29) is 12.6 Å². The van der Waals surface area contributed by atoms with Crippen LogP contribution in [0.25, 0.3) is 0 Å². The molecule has 0 spiro atoms. The third-order valence-corrected chi connectivity index (χ3v) is 3.64. The van der Waals surface area contributed by atoms with Gasteiger partial charge in [-0.2, -0.15) is 0 Å². The van der Waals surface area contributed by atoms with Gasteiger partial charge in [-0.15, -0.1) is 0 Å². The standard InChI is InChI=1S/C17H28N2O4/c1-6-19(7-2)10-14(20)11-23-15-9-12(4)16(13(5)18-15)17(21)22-8-3/h9,14,20H,6-8,10-11H2,1-5H3. The average molecular weight is 324 g/mol. The molecule has 0 amide bonds. The summed E-state index contributed by atoms with van der Waals surface area (Å²) < 4.78 is 10.6. The van der Waals surface area contributed by atoms with Crippen LogP contribution >= 0.6 is 0 Å². The molecule has 1 rings (SSSR count). The van der Waals surface area contributed by atoms with Crippen molar-refractivity contribution in [1.82, 2.24) is 9.88 Å². The summed E-state index contributed by atoms with van der Waals surface area (Å²) in [6.07, 6.45) is -0.581. The van der Waals surface area contributed by atoms with Gasteiger partial charge in [0.1, 0.15) is 12.7 Å². The van der Waals surface area contributed by atoms with Crippen molar-refractivity contribution in [1.29, 1.82) is 0 Å². The van der Waals surface area contributed by atoms with E-state index in [1.807, 2.05) is 6.92 Å². The van der Waals surface area contributed by atoms with Gasteiger partial charge in [-0.3, -0.25) is 0 Å². The second-order valence-corrected chi connectivity index (χ2v) is 5.41. The summed E-state index contributed by atoms with van der Waals surface area (Å²) in [6.45, 7) is 12.3. The molecule has 0 bridgehead atoms. The number of aryl methyl sites for hydroxylation is 2. The number of hydrogen-bond donors (Lipinski definition) is 1. The zero-order valence-corrected chi connectivity index (χ0v) is 14.8. The number of hydrogen-bond acceptors (Lipinski definition) is 6. The largest absolute Gasteiger partial charge is 0.475 e. The van der Waals surface area contributed by atoms with Gasteiger partial charge in [-0.05, 0) is 39.4 Å². The van der Waals surface area contributed by atoms with Crippen LogP contribution < -0.4 is 4.74 Å². The number of likely N-dealkylation sites (N-methyl/N-ethyl adjacent to an activating group) is 1. The van der Waals surface area contributed by atoms with E-state index < -0.39 is 6.10 Å². The maximum Gasteiger partial charge on any atom is 0.340 e. The number of carbonyl (C=O) groups excluding carboxylic acids is 1. The first-order valence-electron chi connectivity index (χ1n) is 8.11. The SMILES string of the molecule is CCOC(=O)c1c(C)cc(OCC(O)CN(CC)CC)nc1C. The molecule has 6 nitrogen and oxygen atoms in total. The van der Waals surface area contributed by atoms with Crippen LogP contribution in [0.2, 0.25) is 0 Å². The first kappa shape index (κ1) is 19.4. The molecule has 0 saturated carbocycles. The van der Waals surface area contributed by atoms with Crippen molar-refractivity contribution in [3.63, 3.8) is 0 Å². The minimum atomic E-state index is -0.581. The first-order valence-corrected chi connectivity index (χ1v) is 8.11. The highest BCUT2D eigenvalue weighted by atomic mass is 16.5. The fourth-order valence-corrected chi connectivity index (χ4v) is 2.40. The summed E-state index contributed by atoms with van der Waals surface area (Å²) in [5.74, 6) is 0.0368. The number of nitrogens with zero attached hydrogens (tertiary/aromatic N) is 2. The third kappa shape index (κ3) is 5.80. The highest BCUT2D eigenvalue weighted by Gasteiger charge is 2.17. The summed E-state index contributed by atoms with van der Waals surface area (Å²) in [6, 6.07) is 1.70. The average Bonchev–Trinajstić information content (AvgIpc) is 2.50. The van der Waals surface area contributed by atoms with Crippen LogP contribution in [0.4, 0.5) is 0 Å². The van der Waals surface area contributed by atoms with Crippen LogP contribution in [0.3, 0.4) is 0 Å². The molecule has 6 heteroatoms. The molecule has 0 saturated heterocycles. The monoisotopic (exact) mass is 324 g/mol. The van der Waals surface area contributed by atoms with Crippen molar-refractivity contribution in [3.05, 3.63) is 22.9 Å². The normalized spacial score (nSPS) is 12.3. The lowest BCUT2D eigenvalue weighted by molar-refractivity contribution is 0.0523. The van der Waals surface area contributed by atoms with E-state index in [9.17, 15) is 9.90 Å². The number of pyridine rings is 1. The van der Waals surface area contributed by atoms with E-state index in [1.54, 1.807) is 19.9 Å². The number of esters is 1. The van der Waals surface area contributed by atoms with Crippen molar-refractivity contribution in [2.75, 3.05) is 32.8 Å². The van der Waals surface area contributed by atoms with Crippen LogP contribution in [-0.2, 0) is 4.74 Å².